The molecule has 0 radical (unpaired) electrons. The quantitative estimate of drug-likeness (QED) is 0.383. The average Bonchev–Trinajstić information content (AvgIpc) is 3.29. The van der Waals surface area contributed by atoms with Crippen LogP contribution in [0.4, 0.5) is 21.8 Å². The second-order valence-corrected chi connectivity index (χ2v) is 12.7. The van der Waals surface area contributed by atoms with Crippen molar-refractivity contribution in [3.8, 4) is 0 Å². The molecule has 0 aromatic carbocycles. The van der Waals surface area contributed by atoms with Crippen LogP contribution in [-0.2, 0) is 15.3 Å². The standard InChI is InChI=1S/C25H34FN7OS/c1-16-11-24(32-31-16)29-23-14-22-21(8-5-17(27-22)15-35(2,3)34)25(30-23)28-18-12-19-6-7-20(13-18)33(19)10-4-9-26/h5,8,11,14,18-20H,2,4,6-7,9-10,12-13,15H2,1,3H3,(H3,28,29,30,31,32)/t18?,19-,20+,35?. The average molecular weight is 500 g/mol. The Kier molecular flexibility index (Phi) is 6.67. The van der Waals surface area contributed by atoms with Crippen LogP contribution >= 0.6 is 0 Å². The number of fused-ring (bicyclic) bond motifs is 3. The monoisotopic (exact) mass is 499 g/mol. The number of piperidine rings is 1. The highest BCUT2D eigenvalue weighted by Crippen LogP contribution is 2.37. The second kappa shape index (κ2) is 9.73. The number of hydrogen-bond acceptors (Lipinski definition) is 7. The predicted octanol–water partition coefficient (Wildman–Crippen LogP) is 4.02. The molecule has 2 fully saturated rings. The number of H-pyrrole nitrogens is 1. The number of anilines is 3. The maximum atomic E-state index is 12.8. The third-order valence-electron chi connectivity index (χ3n) is 6.93. The highest BCUT2D eigenvalue weighted by atomic mass is 32.2. The van der Waals surface area contributed by atoms with Crippen LogP contribution in [-0.4, -0.2) is 72.7 Å². The molecule has 2 aliphatic heterocycles. The lowest BCUT2D eigenvalue weighted by Gasteiger charge is -2.39. The molecule has 2 saturated heterocycles. The number of nitrogens with one attached hydrogen (secondary N) is 3. The zero-order chi connectivity index (χ0) is 24.6. The van der Waals surface area contributed by atoms with E-state index in [1.165, 1.54) is 12.8 Å². The van der Waals surface area contributed by atoms with Gasteiger partial charge in [-0.15, -0.1) is 0 Å². The van der Waals surface area contributed by atoms with Crippen LogP contribution in [0.25, 0.3) is 10.9 Å². The molecule has 8 nitrogen and oxygen atoms in total. The van der Waals surface area contributed by atoms with Crippen LogP contribution in [0.2, 0.25) is 0 Å². The van der Waals surface area contributed by atoms with E-state index < -0.39 is 9.52 Å². The van der Waals surface area contributed by atoms with Gasteiger partial charge in [0, 0.05) is 54.1 Å². The predicted molar refractivity (Wildman–Crippen MR) is 142 cm³/mol. The van der Waals surface area contributed by atoms with Crippen molar-refractivity contribution < 1.29 is 8.60 Å². The van der Waals surface area contributed by atoms with Gasteiger partial charge in [-0.2, -0.15) is 5.10 Å². The minimum Gasteiger partial charge on any atom is -0.367 e. The molecule has 5 heterocycles. The SMILES string of the molecule is C=S(C)(=O)Cc1ccc2c(NC3C[C@H]4CC[C@@H](C3)N4CCCF)nc(Nc3cc(C)[nH]n3)cc2n1. The molecule has 188 valence electrons. The number of aromatic amines is 1. The molecule has 0 saturated carbocycles. The summed E-state index contributed by atoms with van der Waals surface area (Å²) in [4.78, 5) is 12.2. The second-order valence-electron chi connectivity index (χ2n) is 10.1. The number of pyridine rings is 2. The Morgan fingerprint density at radius 3 is 2.63 bits per heavy atom. The van der Waals surface area contributed by atoms with E-state index in [4.69, 9.17) is 9.97 Å². The highest BCUT2D eigenvalue weighted by molar-refractivity contribution is 7.98. The van der Waals surface area contributed by atoms with E-state index in [0.717, 1.165) is 47.5 Å². The van der Waals surface area contributed by atoms with E-state index >= 15 is 0 Å². The van der Waals surface area contributed by atoms with Crippen molar-refractivity contribution in [2.75, 3.05) is 30.1 Å². The van der Waals surface area contributed by atoms with Gasteiger partial charge in [0.05, 0.1) is 23.6 Å². The maximum Gasteiger partial charge on any atom is 0.153 e. The van der Waals surface area contributed by atoms with E-state index in [1.807, 2.05) is 31.2 Å². The van der Waals surface area contributed by atoms with Crippen molar-refractivity contribution in [2.45, 2.75) is 62.9 Å². The molecule has 3 aromatic rings. The van der Waals surface area contributed by atoms with Crippen molar-refractivity contribution in [2.24, 2.45) is 0 Å². The molecule has 35 heavy (non-hydrogen) atoms. The van der Waals surface area contributed by atoms with E-state index in [-0.39, 0.29) is 6.67 Å². The molecule has 10 heteroatoms. The molecular formula is C25H34FN7OS. The van der Waals surface area contributed by atoms with Crippen molar-refractivity contribution in [3.63, 3.8) is 0 Å². The number of aryl methyl sites for hydroxylation is 1. The fourth-order valence-corrected chi connectivity index (χ4v) is 6.33. The van der Waals surface area contributed by atoms with E-state index in [0.29, 0.717) is 41.9 Å². The first kappa shape index (κ1) is 24.0. The molecule has 0 spiro atoms. The third kappa shape index (κ3) is 5.59. The van der Waals surface area contributed by atoms with E-state index in [1.54, 1.807) is 6.26 Å². The molecule has 2 unspecified atom stereocenters. The Morgan fingerprint density at radius 2 is 1.97 bits per heavy atom. The molecule has 0 aliphatic carbocycles. The summed E-state index contributed by atoms with van der Waals surface area (Å²) < 4.78 is 25.0. The summed E-state index contributed by atoms with van der Waals surface area (Å²) in [7, 11) is -2.20. The minimum atomic E-state index is -2.20. The zero-order valence-electron chi connectivity index (χ0n) is 20.4. The lowest BCUT2D eigenvalue weighted by atomic mass is 9.97. The van der Waals surface area contributed by atoms with Gasteiger partial charge in [-0.25, -0.2) is 4.98 Å². The first-order valence-electron chi connectivity index (χ1n) is 12.3. The number of nitrogens with zero attached hydrogens (tertiary/aromatic N) is 4. The van der Waals surface area contributed by atoms with E-state index in [2.05, 4.69) is 31.6 Å². The summed E-state index contributed by atoms with van der Waals surface area (Å²) in [5.41, 5.74) is 2.48. The van der Waals surface area contributed by atoms with Crippen LogP contribution in [0.5, 0.6) is 0 Å². The van der Waals surface area contributed by atoms with Gasteiger partial charge in [-0.3, -0.25) is 23.6 Å². The van der Waals surface area contributed by atoms with Crippen LogP contribution in [0.1, 0.15) is 43.5 Å². The Balaban J connectivity index is 1.44. The van der Waals surface area contributed by atoms with Gasteiger partial charge in [-0.1, -0.05) is 0 Å². The van der Waals surface area contributed by atoms with Gasteiger partial charge < -0.3 is 10.6 Å². The van der Waals surface area contributed by atoms with Crippen molar-refractivity contribution >= 4 is 43.7 Å². The fraction of sp³-hybridized carbons (Fsp3) is 0.520. The summed E-state index contributed by atoms with van der Waals surface area (Å²) >= 11 is 0. The van der Waals surface area contributed by atoms with Crippen LogP contribution in [0.3, 0.4) is 0 Å². The number of alkyl halides is 1. The molecule has 5 rings (SSSR count). The number of halogens is 1. The van der Waals surface area contributed by atoms with Gasteiger partial charge >= 0.3 is 0 Å². The molecule has 3 N–H and O–H groups in total. The molecule has 0 amide bonds. The van der Waals surface area contributed by atoms with Crippen LogP contribution < -0.4 is 10.6 Å². The lowest BCUT2D eigenvalue weighted by Crippen LogP contribution is -2.47. The lowest BCUT2D eigenvalue weighted by molar-refractivity contribution is 0.128. The summed E-state index contributed by atoms with van der Waals surface area (Å²) in [5.74, 6) is 6.22. The highest BCUT2D eigenvalue weighted by Gasteiger charge is 2.40. The van der Waals surface area contributed by atoms with E-state index in [9.17, 15) is 8.60 Å². The Labute approximate surface area is 206 Å². The molecule has 4 atom stereocenters. The zero-order valence-corrected chi connectivity index (χ0v) is 21.2. The van der Waals surface area contributed by atoms with Gasteiger partial charge in [0.2, 0.25) is 0 Å². The van der Waals surface area contributed by atoms with Crippen molar-refractivity contribution in [1.82, 2.24) is 25.1 Å². The van der Waals surface area contributed by atoms with Crippen molar-refractivity contribution in [3.05, 3.63) is 35.7 Å². The van der Waals surface area contributed by atoms with Crippen molar-refractivity contribution in [1.29, 1.82) is 0 Å². The van der Waals surface area contributed by atoms with Gasteiger partial charge in [0.15, 0.2) is 5.82 Å². The van der Waals surface area contributed by atoms with Crippen LogP contribution in [0.15, 0.2) is 24.3 Å². The van der Waals surface area contributed by atoms with Crippen LogP contribution in [0, 0.1) is 6.92 Å². The normalized spacial score (nSPS) is 23.9. The smallest absolute Gasteiger partial charge is 0.153 e. The number of aromatic nitrogens is 4. The Hall–Kier alpha value is -2.72. The molecule has 2 bridgehead atoms. The largest absolute Gasteiger partial charge is 0.367 e. The fourth-order valence-electron chi connectivity index (χ4n) is 5.54. The summed E-state index contributed by atoms with van der Waals surface area (Å²) in [6, 6.07) is 9.03. The topological polar surface area (TPSA) is 98.8 Å². The number of hydrogen-bond donors (Lipinski definition) is 3. The number of rotatable bonds is 9. The molecular weight excluding hydrogens is 465 g/mol. The Bertz CT molecular complexity index is 1290. The van der Waals surface area contributed by atoms with Gasteiger partial charge in [0.25, 0.3) is 0 Å². The molecule has 3 aromatic heterocycles. The maximum absolute atomic E-state index is 12.8. The first-order valence-corrected chi connectivity index (χ1v) is 14.6. The third-order valence-corrected chi connectivity index (χ3v) is 7.84. The first-order chi connectivity index (χ1) is 16.8. The summed E-state index contributed by atoms with van der Waals surface area (Å²) in [5, 5.41) is 15.1. The molecule has 2 aliphatic rings. The summed E-state index contributed by atoms with van der Waals surface area (Å²) in [6.45, 7) is 2.54. The van der Waals surface area contributed by atoms with Gasteiger partial charge in [-0.05, 0) is 66.6 Å². The Morgan fingerprint density at radius 1 is 1.20 bits per heavy atom. The van der Waals surface area contributed by atoms with Gasteiger partial charge in [0.1, 0.15) is 11.6 Å². The minimum absolute atomic E-state index is 0.251. The summed E-state index contributed by atoms with van der Waals surface area (Å²) in [6.07, 6.45) is 6.66.